The summed E-state index contributed by atoms with van der Waals surface area (Å²) < 4.78 is 41.8. The van der Waals surface area contributed by atoms with Gasteiger partial charge in [0.1, 0.15) is 12.1 Å². The summed E-state index contributed by atoms with van der Waals surface area (Å²) in [6.07, 6.45) is -1.55. The summed E-state index contributed by atoms with van der Waals surface area (Å²) in [7, 11) is 0. The fourth-order valence-corrected chi connectivity index (χ4v) is 2.86. The molecule has 0 N–H and O–H groups in total. The second kappa shape index (κ2) is 5.41. The van der Waals surface area contributed by atoms with E-state index in [1.807, 2.05) is 21.8 Å². The molecular weight excluding hydrogens is 377 g/mol. The van der Waals surface area contributed by atoms with Crippen LogP contribution < -0.4 is 0 Å². The summed E-state index contributed by atoms with van der Waals surface area (Å²) >= 11 is 1.92. The van der Waals surface area contributed by atoms with Crippen molar-refractivity contribution in [1.82, 2.24) is 0 Å². The minimum atomic E-state index is -2.37. The van der Waals surface area contributed by atoms with Gasteiger partial charge in [0.25, 0.3) is 5.79 Å². The van der Waals surface area contributed by atoms with E-state index in [0.29, 0.717) is 0 Å². The van der Waals surface area contributed by atoms with Crippen LogP contribution in [0.3, 0.4) is 0 Å². The Balaban J connectivity index is 2.69. The van der Waals surface area contributed by atoms with Gasteiger partial charge in [-0.25, -0.2) is 13.6 Å². The van der Waals surface area contributed by atoms with Crippen molar-refractivity contribution in [1.29, 1.82) is 0 Å². The lowest BCUT2D eigenvalue weighted by atomic mass is 10.2. The van der Waals surface area contributed by atoms with Gasteiger partial charge in [-0.2, -0.15) is 0 Å². The van der Waals surface area contributed by atoms with Crippen LogP contribution in [0.25, 0.3) is 0 Å². The van der Waals surface area contributed by atoms with E-state index in [0.717, 1.165) is 0 Å². The summed E-state index contributed by atoms with van der Waals surface area (Å²) in [6, 6.07) is 0. The highest BCUT2D eigenvalue weighted by Crippen LogP contribution is 2.31. The molecule has 1 aliphatic rings. The van der Waals surface area contributed by atoms with Crippen molar-refractivity contribution < 1.29 is 27.8 Å². The van der Waals surface area contributed by atoms with E-state index in [1.54, 1.807) is 20.0 Å². The lowest BCUT2D eigenvalue weighted by Gasteiger charge is -2.24. The molecule has 1 rings (SSSR count). The Morgan fingerprint density at radius 1 is 1.56 bits per heavy atom. The molecule has 0 aromatic carbocycles. The average molecular weight is 392 g/mol. The number of halogens is 3. The highest BCUT2D eigenvalue weighted by atomic mass is 127. The number of ether oxygens (including phenoxy) is 3. The van der Waals surface area contributed by atoms with E-state index in [2.05, 4.69) is 0 Å². The molecule has 0 amide bonds. The van der Waals surface area contributed by atoms with Gasteiger partial charge in [-0.05, 0) is 6.92 Å². The van der Waals surface area contributed by atoms with Crippen LogP contribution in [-0.2, 0) is 14.2 Å². The van der Waals surface area contributed by atoms with Crippen LogP contribution in [0.1, 0.15) is 13.8 Å². The van der Waals surface area contributed by atoms with E-state index in [-0.39, 0.29) is 0 Å². The quantitative estimate of drug-likeness (QED) is 0.318. The first-order valence-corrected chi connectivity index (χ1v) is 11.4. The molecule has 0 aromatic heterocycles. The van der Waals surface area contributed by atoms with Gasteiger partial charge < -0.3 is 14.2 Å². The minimum Gasteiger partial charge on any atom is -0.424 e. The van der Waals surface area contributed by atoms with Gasteiger partial charge in [0.15, 0.2) is 17.5 Å². The predicted molar refractivity (Wildman–Crippen MR) is 72.1 cm³/mol. The van der Waals surface area contributed by atoms with Crippen LogP contribution in [0.15, 0.2) is 11.3 Å². The van der Waals surface area contributed by atoms with Gasteiger partial charge in [-0.3, -0.25) is 0 Å². The Hall–Kier alpha value is -0.223. The topological polar surface area (TPSA) is 44.8 Å². The summed E-state index contributed by atoms with van der Waals surface area (Å²) in [5, 5.41) is 0. The van der Waals surface area contributed by atoms with Crippen LogP contribution in [0, 0.1) is 0 Å². The number of carbonyl (C=O) groups excluding carboxylic acids is 1. The molecule has 0 bridgehead atoms. The van der Waals surface area contributed by atoms with Crippen molar-refractivity contribution in [2.75, 3.05) is 6.61 Å². The van der Waals surface area contributed by atoms with Crippen LogP contribution in [0.5, 0.6) is 0 Å². The van der Waals surface area contributed by atoms with Gasteiger partial charge in [-0.15, -0.1) is 21.8 Å². The van der Waals surface area contributed by atoms with E-state index in [9.17, 15) is 13.6 Å². The average Bonchev–Trinajstić information content (AvgIpc) is 2.47. The lowest BCUT2D eigenvalue weighted by Crippen LogP contribution is -2.38. The fraction of sp³-hybridized carbons (Fsp3) is 0.700. The molecule has 18 heavy (non-hydrogen) atoms. The molecule has 1 fully saturated rings. The molecular formula is C10H15F2IO4Si. The van der Waals surface area contributed by atoms with E-state index in [1.165, 1.54) is 6.92 Å². The molecule has 1 heterocycles. The third kappa shape index (κ3) is 3.64. The third-order valence-electron chi connectivity index (χ3n) is 2.54. The lowest BCUT2D eigenvalue weighted by molar-refractivity contribution is -0.183. The molecule has 2 atom stereocenters. The molecule has 0 aliphatic carbocycles. The van der Waals surface area contributed by atoms with Crippen LogP contribution >= 0.6 is 21.8 Å². The minimum absolute atomic E-state index is 0.581. The molecule has 0 aromatic rings. The molecule has 1 aliphatic heterocycles. The van der Waals surface area contributed by atoms with Crippen LogP contribution in [0.4, 0.5) is 13.6 Å². The summed E-state index contributed by atoms with van der Waals surface area (Å²) in [5.41, 5.74) is -3.13. The molecule has 0 radical (unpaired) electrons. The number of hydrogen-bond acceptors (Lipinski definition) is 4. The molecule has 0 spiro atoms. The largest absolute Gasteiger partial charge is 0.511 e. The van der Waals surface area contributed by atoms with Crippen LogP contribution in [0.2, 0.25) is 13.1 Å². The second-order valence-electron chi connectivity index (χ2n) is 4.61. The Morgan fingerprint density at radius 2 is 2.11 bits per heavy atom. The summed E-state index contributed by atoms with van der Waals surface area (Å²) in [4.78, 5) is 10.9. The molecule has 0 saturated carbocycles. The number of cyclic esters (lactones) is 2. The van der Waals surface area contributed by atoms with Crippen molar-refractivity contribution >= 4 is 33.5 Å². The number of hydrogen-bond donors (Lipinski definition) is 0. The fourth-order valence-electron chi connectivity index (χ4n) is 1.26. The summed E-state index contributed by atoms with van der Waals surface area (Å²) in [5.74, 6) is -2.34. The zero-order chi connectivity index (χ0) is 14.1. The molecule has 2 unspecified atom stereocenters. The SMILES string of the molecule is CC1OC(=O)OC1(C)OC/C(F)=C(\F)[Si](C)(C)I. The number of carbonyl (C=O) groups is 1. The Labute approximate surface area is 118 Å². The standard InChI is InChI=1S/C10H15F2IO4Si/c1-6-10(2,17-9(14)16-6)15-5-7(11)8(12)18(3,4)13/h6H,5H2,1-4H3/b8-7-. The normalized spacial score (nSPS) is 29.7. The van der Waals surface area contributed by atoms with Crippen molar-refractivity contribution in [3.05, 3.63) is 11.3 Å². The van der Waals surface area contributed by atoms with E-state index < -0.39 is 41.5 Å². The maximum Gasteiger partial charge on any atom is 0.511 e. The van der Waals surface area contributed by atoms with Crippen LogP contribution in [-0.4, -0.2) is 30.2 Å². The predicted octanol–water partition coefficient (Wildman–Crippen LogP) is 3.60. The monoisotopic (exact) mass is 392 g/mol. The first-order valence-electron chi connectivity index (χ1n) is 5.33. The maximum atomic E-state index is 13.6. The van der Waals surface area contributed by atoms with Crippen molar-refractivity contribution in [2.45, 2.75) is 38.8 Å². The highest BCUT2D eigenvalue weighted by molar-refractivity contribution is 14.1. The summed E-state index contributed by atoms with van der Waals surface area (Å²) in [6.45, 7) is 5.76. The molecule has 8 heteroatoms. The van der Waals surface area contributed by atoms with Crippen molar-refractivity contribution in [3.63, 3.8) is 0 Å². The van der Waals surface area contributed by atoms with Gasteiger partial charge in [0, 0.05) is 6.92 Å². The number of rotatable bonds is 4. The van der Waals surface area contributed by atoms with Gasteiger partial charge in [0.2, 0.25) is 0 Å². The molecule has 104 valence electrons. The first-order chi connectivity index (χ1) is 8.06. The second-order valence-corrected chi connectivity index (χ2v) is 16.1. The van der Waals surface area contributed by atoms with Gasteiger partial charge in [-0.1, -0.05) is 13.1 Å². The Morgan fingerprint density at radius 3 is 2.50 bits per heavy atom. The molecule has 1 saturated heterocycles. The van der Waals surface area contributed by atoms with Gasteiger partial charge >= 0.3 is 6.16 Å². The maximum absolute atomic E-state index is 13.6. The Bertz CT molecular complexity index is 383. The van der Waals surface area contributed by atoms with Gasteiger partial charge in [0.05, 0.1) is 0 Å². The highest BCUT2D eigenvalue weighted by Gasteiger charge is 2.46. The third-order valence-corrected chi connectivity index (χ3v) is 5.28. The zero-order valence-electron chi connectivity index (χ0n) is 10.6. The van der Waals surface area contributed by atoms with E-state index >= 15 is 0 Å². The Kier molecular flexibility index (Phi) is 4.76. The first kappa shape index (κ1) is 15.8. The smallest absolute Gasteiger partial charge is 0.424 e. The van der Waals surface area contributed by atoms with E-state index in [4.69, 9.17) is 14.2 Å². The van der Waals surface area contributed by atoms with Crippen molar-refractivity contribution in [2.24, 2.45) is 0 Å². The molecule has 4 nitrogen and oxygen atoms in total. The van der Waals surface area contributed by atoms with Crippen molar-refractivity contribution in [3.8, 4) is 0 Å². The zero-order valence-corrected chi connectivity index (χ0v) is 13.7.